The lowest BCUT2D eigenvalue weighted by Gasteiger charge is -2.13. The van der Waals surface area contributed by atoms with Crippen LogP contribution in [0.25, 0.3) is 10.7 Å². The molecule has 0 aliphatic rings. The molecule has 6 nitrogen and oxygen atoms in total. The molecule has 0 radical (unpaired) electrons. The predicted molar refractivity (Wildman–Crippen MR) is 96.0 cm³/mol. The third-order valence-electron chi connectivity index (χ3n) is 3.39. The fraction of sp³-hybridized carbons (Fsp3) is 0.533. The summed E-state index contributed by atoms with van der Waals surface area (Å²) >= 11 is 2.85. The van der Waals surface area contributed by atoms with Gasteiger partial charge in [0, 0.05) is 6.04 Å². The summed E-state index contributed by atoms with van der Waals surface area (Å²) in [6.07, 6.45) is 4.55. The van der Waals surface area contributed by atoms with Gasteiger partial charge in [0.15, 0.2) is 5.82 Å². The summed E-state index contributed by atoms with van der Waals surface area (Å²) in [5.74, 6) is 6.92. The van der Waals surface area contributed by atoms with E-state index in [1.54, 1.807) is 11.3 Å². The van der Waals surface area contributed by atoms with E-state index in [0.29, 0.717) is 11.0 Å². The van der Waals surface area contributed by atoms with Gasteiger partial charge in [0.2, 0.25) is 11.1 Å². The first-order valence-electron chi connectivity index (χ1n) is 7.78. The maximum atomic E-state index is 12.0. The van der Waals surface area contributed by atoms with Gasteiger partial charge in [0.05, 0.1) is 10.6 Å². The third kappa shape index (κ3) is 5.24. The van der Waals surface area contributed by atoms with E-state index in [1.165, 1.54) is 29.3 Å². The zero-order valence-electron chi connectivity index (χ0n) is 13.5. The molecule has 1 atom stereocenters. The number of carbonyl (C=O) groups excluding carboxylic acids is 1. The van der Waals surface area contributed by atoms with E-state index in [4.69, 9.17) is 5.84 Å². The molecule has 2 aromatic rings. The van der Waals surface area contributed by atoms with Gasteiger partial charge in [-0.3, -0.25) is 4.79 Å². The number of nitrogen functional groups attached to an aromatic ring is 1. The molecule has 2 rings (SSSR count). The van der Waals surface area contributed by atoms with Crippen LogP contribution >= 0.6 is 23.1 Å². The van der Waals surface area contributed by atoms with E-state index in [9.17, 15) is 4.79 Å². The largest absolute Gasteiger partial charge is 0.353 e. The number of nitrogens with two attached hydrogens (primary N) is 1. The maximum Gasteiger partial charge on any atom is 0.230 e. The summed E-state index contributed by atoms with van der Waals surface area (Å²) in [5, 5.41) is 13.7. The first-order valence-corrected chi connectivity index (χ1v) is 9.64. The van der Waals surface area contributed by atoms with E-state index >= 15 is 0 Å². The highest BCUT2D eigenvalue weighted by Crippen LogP contribution is 2.24. The zero-order valence-corrected chi connectivity index (χ0v) is 15.1. The molecule has 0 aliphatic carbocycles. The number of hydrogen-bond acceptors (Lipinski definition) is 6. The SMILES string of the molecule is CCCCCC(C)NC(=O)CSc1nnc(-c2cccs2)n1N. The molecule has 0 saturated heterocycles. The van der Waals surface area contributed by atoms with Crippen molar-refractivity contribution in [3.8, 4) is 10.7 Å². The van der Waals surface area contributed by atoms with Crippen molar-refractivity contribution < 1.29 is 4.79 Å². The molecule has 1 amide bonds. The fourth-order valence-electron chi connectivity index (χ4n) is 2.17. The van der Waals surface area contributed by atoms with Crippen LogP contribution < -0.4 is 11.2 Å². The van der Waals surface area contributed by atoms with Crippen molar-refractivity contribution in [1.82, 2.24) is 20.2 Å². The number of rotatable bonds is 9. The minimum atomic E-state index is -0.000304. The summed E-state index contributed by atoms with van der Waals surface area (Å²) < 4.78 is 1.44. The monoisotopic (exact) mass is 353 g/mol. The Hall–Kier alpha value is -1.54. The van der Waals surface area contributed by atoms with Crippen LogP contribution in [0.1, 0.15) is 39.5 Å². The molecule has 8 heteroatoms. The van der Waals surface area contributed by atoms with Gasteiger partial charge in [0.1, 0.15) is 0 Å². The molecule has 0 aliphatic heterocycles. The lowest BCUT2D eigenvalue weighted by molar-refractivity contribution is -0.119. The lowest BCUT2D eigenvalue weighted by atomic mass is 10.1. The highest BCUT2D eigenvalue weighted by molar-refractivity contribution is 7.99. The normalized spacial score (nSPS) is 12.3. The van der Waals surface area contributed by atoms with Gasteiger partial charge in [-0.25, -0.2) is 4.68 Å². The van der Waals surface area contributed by atoms with Crippen molar-refractivity contribution in [1.29, 1.82) is 0 Å². The molecule has 0 aromatic carbocycles. The van der Waals surface area contributed by atoms with E-state index in [1.807, 2.05) is 24.4 Å². The Kier molecular flexibility index (Phi) is 6.91. The molecule has 2 heterocycles. The lowest BCUT2D eigenvalue weighted by Crippen LogP contribution is -2.33. The summed E-state index contributed by atoms with van der Waals surface area (Å²) in [6, 6.07) is 4.08. The number of aromatic nitrogens is 3. The van der Waals surface area contributed by atoms with Gasteiger partial charge in [0.25, 0.3) is 0 Å². The van der Waals surface area contributed by atoms with Crippen molar-refractivity contribution in [2.75, 3.05) is 11.6 Å². The average Bonchev–Trinajstić information content (AvgIpc) is 3.15. The number of carbonyl (C=O) groups is 1. The van der Waals surface area contributed by atoms with E-state index in [0.717, 1.165) is 17.7 Å². The molecule has 0 spiro atoms. The Morgan fingerprint density at radius 3 is 3.00 bits per heavy atom. The fourth-order valence-corrected chi connectivity index (χ4v) is 3.54. The number of thiophene rings is 1. The number of hydrogen-bond donors (Lipinski definition) is 2. The van der Waals surface area contributed by atoms with Crippen LogP contribution in [0.15, 0.2) is 22.7 Å². The molecule has 23 heavy (non-hydrogen) atoms. The molecule has 0 bridgehead atoms. The Balaban J connectivity index is 1.81. The molecular formula is C15H23N5OS2. The molecule has 126 valence electrons. The summed E-state index contributed by atoms with van der Waals surface area (Å²) in [6.45, 7) is 4.21. The number of nitrogens with one attached hydrogen (secondary N) is 1. The number of amides is 1. The summed E-state index contributed by atoms with van der Waals surface area (Å²) in [7, 11) is 0. The van der Waals surface area contributed by atoms with Crippen LogP contribution in [-0.2, 0) is 4.79 Å². The van der Waals surface area contributed by atoms with Crippen molar-refractivity contribution >= 4 is 29.0 Å². The third-order valence-corrected chi connectivity index (χ3v) is 5.20. The standard InChI is InChI=1S/C15H23N5OS2/c1-3-4-5-7-11(2)17-13(21)10-23-15-19-18-14(20(15)16)12-8-6-9-22-12/h6,8-9,11H,3-5,7,10,16H2,1-2H3,(H,17,21). The van der Waals surface area contributed by atoms with Gasteiger partial charge in [-0.1, -0.05) is 44.0 Å². The quantitative estimate of drug-likeness (QED) is 0.411. The van der Waals surface area contributed by atoms with E-state index in [2.05, 4.69) is 22.4 Å². The van der Waals surface area contributed by atoms with Crippen LogP contribution in [0.5, 0.6) is 0 Å². The van der Waals surface area contributed by atoms with Gasteiger partial charge in [-0.05, 0) is 24.8 Å². The van der Waals surface area contributed by atoms with E-state index < -0.39 is 0 Å². The Morgan fingerprint density at radius 1 is 1.48 bits per heavy atom. The van der Waals surface area contributed by atoms with Crippen LogP contribution in [0.2, 0.25) is 0 Å². The molecule has 1 unspecified atom stereocenters. The van der Waals surface area contributed by atoms with Gasteiger partial charge < -0.3 is 11.2 Å². The predicted octanol–water partition coefficient (Wildman–Crippen LogP) is 2.90. The van der Waals surface area contributed by atoms with Crippen molar-refractivity contribution in [3.63, 3.8) is 0 Å². The molecule has 3 N–H and O–H groups in total. The van der Waals surface area contributed by atoms with Gasteiger partial charge in [-0.2, -0.15) is 0 Å². The minimum Gasteiger partial charge on any atom is -0.353 e. The minimum absolute atomic E-state index is 0.000304. The second-order valence-corrected chi connectivity index (χ2v) is 7.30. The first-order chi connectivity index (χ1) is 11.1. The van der Waals surface area contributed by atoms with Crippen molar-refractivity contribution in [2.45, 2.75) is 50.7 Å². The topological polar surface area (TPSA) is 85.8 Å². The van der Waals surface area contributed by atoms with Crippen LogP contribution in [0.4, 0.5) is 0 Å². The zero-order chi connectivity index (χ0) is 16.7. The highest BCUT2D eigenvalue weighted by atomic mass is 32.2. The summed E-state index contributed by atoms with van der Waals surface area (Å²) in [5.41, 5.74) is 0. The maximum absolute atomic E-state index is 12.0. The first kappa shape index (κ1) is 17.8. The van der Waals surface area contributed by atoms with Gasteiger partial charge >= 0.3 is 0 Å². The Labute approximate surface area is 144 Å². The van der Waals surface area contributed by atoms with Crippen LogP contribution in [-0.4, -0.2) is 32.6 Å². The smallest absolute Gasteiger partial charge is 0.230 e. The van der Waals surface area contributed by atoms with Crippen LogP contribution in [0, 0.1) is 0 Å². The Morgan fingerprint density at radius 2 is 2.30 bits per heavy atom. The summed E-state index contributed by atoms with van der Waals surface area (Å²) in [4.78, 5) is 12.9. The highest BCUT2D eigenvalue weighted by Gasteiger charge is 2.15. The average molecular weight is 354 g/mol. The van der Waals surface area contributed by atoms with Crippen LogP contribution in [0.3, 0.4) is 0 Å². The second kappa shape index (κ2) is 8.93. The Bertz CT molecular complexity index is 611. The second-order valence-electron chi connectivity index (χ2n) is 5.41. The van der Waals surface area contributed by atoms with Gasteiger partial charge in [-0.15, -0.1) is 21.5 Å². The molecular weight excluding hydrogens is 330 g/mol. The molecule has 2 aromatic heterocycles. The number of thioether (sulfide) groups is 1. The molecule has 0 fully saturated rings. The number of nitrogens with zero attached hydrogens (tertiary/aromatic N) is 3. The molecule has 0 saturated carbocycles. The van der Waals surface area contributed by atoms with Crippen molar-refractivity contribution in [2.24, 2.45) is 0 Å². The van der Waals surface area contributed by atoms with E-state index in [-0.39, 0.29) is 17.7 Å². The number of unbranched alkanes of at least 4 members (excludes halogenated alkanes) is 2. The van der Waals surface area contributed by atoms with Crippen molar-refractivity contribution in [3.05, 3.63) is 17.5 Å².